The lowest BCUT2D eigenvalue weighted by molar-refractivity contribution is -0.129. The first-order valence-corrected chi connectivity index (χ1v) is 3.32. The molecule has 5 heteroatoms. The van der Waals surface area contributed by atoms with E-state index in [4.69, 9.17) is 5.73 Å². The van der Waals surface area contributed by atoms with Crippen LogP contribution in [0.2, 0.25) is 0 Å². The smallest absolute Gasteiger partial charge is 0.281 e. The molecule has 1 unspecified atom stereocenters. The quantitative estimate of drug-likeness (QED) is 0.539. The van der Waals surface area contributed by atoms with Crippen LogP contribution in [0, 0.1) is 0 Å². The summed E-state index contributed by atoms with van der Waals surface area (Å²) in [5.41, 5.74) is 5.10. The summed E-state index contributed by atoms with van der Waals surface area (Å²) in [6.07, 6.45) is 0. The summed E-state index contributed by atoms with van der Waals surface area (Å²) in [5.74, 6) is -3.26. The van der Waals surface area contributed by atoms with Gasteiger partial charge in [-0.05, 0) is 0 Å². The zero-order chi connectivity index (χ0) is 8.65. The number of carbonyl (C=O) groups is 1. The third kappa shape index (κ3) is 1.48. The molecule has 0 aromatic carbocycles. The van der Waals surface area contributed by atoms with E-state index in [9.17, 15) is 13.6 Å². The van der Waals surface area contributed by atoms with Crippen molar-refractivity contribution in [1.82, 2.24) is 4.90 Å². The largest absolute Gasteiger partial charge is 0.335 e. The summed E-state index contributed by atoms with van der Waals surface area (Å²) in [5, 5.41) is 0. The Hall–Kier alpha value is -0.710. The van der Waals surface area contributed by atoms with Gasteiger partial charge in [-0.1, -0.05) is 0 Å². The van der Waals surface area contributed by atoms with Crippen LogP contribution in [-0.2, 0) is 4.79 Å². The van der Waals surface area contributed by atoms with Crippen LogP contribution in [0.4, 0.5) is 8.78 Å². The van der Waals surface area contributed by atoms with E-state index in [1.54, 1.807) is 0 Å². The predicted molar refractivity (Wildman–Crippen MR) is 35.2 cm³/mol. The Morgan fingerprint density at radius 3 is 2.45 bits per heavy atom. The predicted octanol–water partition coefficient (Wildman–Crippen LogP) is -0.189. The number of carbonyl (C=O) groups excluding carboxylic acids is 1. The number of hydrogen-bond donors (Lipinski definition) is 1. The lowest BCUT2D eigenvalue weighted by Crippen LogP contribution is -2.38. The minimum Gasteiger partial charge on any atom is -0.335 e. The van der Waals surface area contributed by atoms with Crippen molar-refractivity contribution in [1.29, 1.82) is 0 Å². The first-order chi connectivity index (χ1) is 4.93. The Morgan fingerprint density at radius 1 is 1.73 bits per heavy atom. The average Bonchev–Trinajstić information content (AvgIpc) is 2.08. The van der Waals surface area contributed by atoms with E-state index in [-0.39, 0.29) is 12.5 Å². The maximum Gasteiger partial charge on any atom is 0.281 e. The Morgan fingerprint density at radius 2 is 2.27 bits per heavy atom. The van der Waals surface area contributed by atoms with E-state index in [2.05, 4.69) is 0 Å². The van der Waals surface area contributed by atoms with Gasteiger partial charge in [0.05, 0.1) is 12.6 Å². The van der Waals surface area contributed by atoms with Crippen molar-refractivity contribution < 1.29 is 13.6 Å². The zero-order valence-corrected chi connectivity index (χ0v) is 6.18. The van der Waals surface area contributed by atoms with Gasteiger partial charge >= 0.3 is 0 Å². The van der Waals surface area contributed by atoms with Gasteiger partial charge in [0.15, 0.2) is 0 Å². The molecule has 0 aromatic rings. The average molecular weight is 164 g/mol. The van der Waals surface area contributed by atoms with E-state index >= 15 is 0 Å². The second-order valence-corrected chi connectivity index (χ2v) is 2.77. The number of amides is 1. The molecule has 1 aliphatic heterocycles. The van der Waals surface area contributed by atoms with E-state index in [0.717, 1.165) is 4.90 Å². The maximum absolute atomic E-state index is 12.6. The minimum absolute atomic E-state index is 0.0394. The summed E-state index contributed by atoms with van der Waals surface area (Å²) in [4.78, 5) is 11.7. The van der Waals surface area contributed by atoms with Gasteiger partial charge < -0.3 is 10.6 Å². The van der Waals surface area contributed by atoms with Crippen molar-refractivity contribution in [3.63, 3.8) is 0 Å². The van der Waals surface area contributed by atoms with E-state index < -0.39 is 18.5 Å². The fourth-order valence-electron chi connectivity index (χ4n) is 1.05. The van der Waals surface area contributed by atoms with Gasteiger partial charge in [0, 0.05) is 13.5 Å². The minimum atomic E-state index is -2.91. The van der Waals surface area contributed by atoms with Gasteiger partial charge in [-0.3, -0.25) is 4.79 Å². The number of nitrogens with zero attached hydrogens (tertiary/aromatic N) is 1. The van der Waals surface area contributed by atoms with Crippen LogP contribution < -0.4 is 5.73 Å². The lowest BCUT2D eigenvalue weighted by atomic mass is 10.2. The van der Waals surface area contributed by atoms with Gasteiger partial charge in [-0.2, -0.15) is 0 Å². The molecule has 1 amide bonds. The Labute approximate surface area is 63.2 Å². The molecule has 1 heterocycles. The van der Waals surface area contributed by atoms with Crippen molar-refractivity contribution in [3.8, 4) is 0 Å². The Bertz CT molecular complexity index is 183. The fraction of sp³-hybridized carbons (Fsp3) is 0.833. The van der Waals surface area contributed by atoms with Gasteiger partial charge in [0.1, 0.15) is 0 Å². The van der Waals surface area contributed by atoms with Gasteiger partial charge in [0.25, 0.3) is 5.92 Å². The summed E-state index contributed by atoms with van der Waals surface area (Å²) >= 11 is 0. The highest BCUT2D eigenvalue weighted by molar-refractivity contribution is 5.73. The molecule has 0 aromatic heterocycles. The fourth-order valence-corrected chi connectivity index (χ4v) is 1.05. The van der Waals surface area contributed by atoms with Crippen LogP contribution in [0.5, 0.6) is 0 Å². The summed E-state index contributed by atoms with van der Waals surface area (Å²) < 4.78 is 25.3. The van der Waals surface area contributed by atoms with Crippen molar-refractivity contribution in [2.24, 2.45) is 5.73 Å². The highest BCUT2D eigenvalue weighted by atomic mass is 19.3. The molecule has 64 valence electrons. The molecule has 1 aliphatic rings. The molecule has 0 aliphatic carbocycles. The Balaban J connectivity index is 2.64. The van der Waals surface area contributed by atoms with Crippen LogP contribution in [0.1, 0.15) is 6.92 Å². The molecular weight excluding hydrogens is 154 g/mol. The highest BCUT2D eigenvalue weighted by Crippen LogP contribution is 2.25. The molecule has 0 saturated carbocycles. The zero-order valence-electron chi connectivity index (χ0n) is 6.18. The number of likely N-dealkylation sites (tertiary alicyclic amines) is 1. The molecule has 1 rings (SSSR count). The summed E-state index contributed by atoms with van der Waals surface area (Å²) in [7, 11) is 0. The maximum atomic E-state index is 12.6. The Kier molecular flexibility index (Phi) is 1.83. The second-order valence-electron chi connectivity index (χ2n) is 2.77. The van der Waals surface area contributed by atoms with Crippen LogP contribution in [-0.4, -0.2) is 35.9 Å². The molecule has 11 heavy (non-hydrogen) atoms. The molecule has 0 spiro atoms. The second kappa shape index (κ2) is 2.41. The third-order valence-electron chi connectivity index (χ3n) is 1.81. The highest BCUT2D eigenvalue weighted by Gasteiger charge is 2.46. The monoisotopic (exact) mass is 164 g/mol. The molecule has 0 bridgehead atoms. The van der Waals surface area contributed by atoms with Crippen LogP contribution >= 0.6 is 0 Å². The number of hydrogen-bond acceptors (Lipinski definition) is 2. The van der Waals surface area contributed by atoms with Crippen LogP contribution in [0.15, 0.2) is 0 Å². The number of alkyl halides is 2. The summed E-state index contributed by atoms with van der Waals surface area (Å²) in [6.45, 7) is 0.681. The standard InChI is InChI=1S/C6H10F2N2O/c1-4(11)10-2-5(9)6(7,8)3-10/h5H,2-3,9H2,1H3. The van der Waals surface area contributed by atoms with Crippen LogP contribution in [0.3, 0.4) is 0 Å². The lowest BCUT2D eigenvalue weighted by Gasteiger charge is -2.12. The molecule has 1 saturated heterocycles. The number of nitrogens with two attached hydrogens (primary N) is 1. The SMILES string of the molecule is CC(=O)N1CC(N)C(F)(F)C1. The molecule has 1 atom stereocenters. The molecule has 2 N–H and O–H groups in total. The number of rotatable bonds is 0. The summed E-state index contributed by atoms with van der Waals surface area (Å²) in [6, 6.07) is -1.20. The van der Waals surface area contributed by atoms with Crippen LogP contribution in [0.25, 0.3) is 0 Å². The van der Waals surface area contributed by atoms with Gasteiger partial charge in [-0.25, -0.2) is 8.78 Å². The molecular formula is C6H10F2N2O. The normalized spacial score (nSPS) is 29.1. The third-order valence-corrected chi connectivity index (χ3v) is 1.81. The van der Waals surface area contributed by atoms with E-state index in [1.165, 1.54) is 6.92 Å². The van der Waals surface area contributed by atoms with Crippen molar-refractivity contribution in [2.45, 2.75) is 18.9 Å². The molecule has 1 fully saturated rings. The molecule has 0 radical (unpaired) electrons. The first-order valence-electron chi connectivity index (χ1n) is 3.32. The van der Waals surface area contributed by atoms with Crippen molar-refractivity contribution >= 4 is 5.91 Å². The van der Waals surface area contributed by atoms with E-state index in [0.29, 0.717) is 0 Å². The van der Waals surface area contributed by atoms with Gasteiger partial charge in [0.2, 0.25) is 5.91 Å². The first kappa shape index (κ1) is 8.39. The van der Waals surface area contributed by atoms with E-state index in [1.807, 2.05) is 0 Å². The molecule has 3 nitrogen and oxygen atoms in total. The van der Waals surface area contributed by atoms with Gasteiger partial charge in [-0.15, -0.1) is 0 Å². The topological polar surface area (TPSA) is 46.3 Å². The van der Waals surface area contributed by atoms with Crippen molar-refractivity contribution in [3.05, 3.63) is 0 Å². The number of halogens is 2. The van der Waals surface area contributed by atoms with Crippen molar-refractivity contribution in [2.75, 3.05) is 13.1 Å².